The van der Waals surface area contributed by atoms with Gasteiger partial charge in [0.15, 0.2) is 11.5 Å². The van der Waals surface area contributed by atoms with Crippen LogP contribution >= 0.6 is 0 Å². The van der Waals surface area contributed by atoms with Crippen molar-refractivity contribution in [2.24, 2.45) is 11.3 Å². The van der Waals surface area contributed by atoms with E-state index in [4.69, 9.17) is 9.47 Å². The molecule has 2 aliphatic rings. The zero-order valence-corrected chi connectivity index (χ0v) is 15.4. The zero-order valence-electron chi connectivity index (χ0n) is 15.4. The van der Waals surface area contributed by atoms with Crippen molar-refractivity contribution in [3.05, 3.63) is 40.7 Å². The first-order valence-corrected chi connectivity index (χ1v) is 8.71. The number of carbonyl (C=O) groups excluding carboxylic acids is 1. The van der Waals surface area contributed by atoms with Crippen molar-refractivity contribution in [2.45, 2.75) is 39.5 Å². The van der Waals surface area contributed by atoms with E-state index in [1.54, 1.807) is 18.9 Å². The Morgan fingerprint density at radius 2 is 2.00 bits per heavy atom. The Morgan fingerprint density at radius 3 is 2.68 bits per heavy atom. The molecule has 0 bridgehead atoms. The average molecular weight is 340 g/mol. The lowest BCUT2D eigenvalue weighted by Gasteiger charge is -2.11. The third-order valence-corrected chi connectivity index (χ3v) is 6.02. The summed E-state index contributed by atoms with van der Waals surface area (Å²) in [5.74, 6) is 2.55. The molecule has 25 heavy (non-hydrogen) atoms. The standard InChI is InChI=1S/C20H24N2O3/c1-11-18-14(10-13-19(18)20(13,2)3)22(21-11)17(23)9-12-6-7-15(24-4)16(8-12)25-5/h6-8,13,19H,9-10H2,1-5H3/t13-,19-/m1/s1. The average Bonchev–Trinajstić information content (AvgIpc) is 2.94. The number of benzene rings is 1. The predicted octanol–water partition coefficient (Wildman–Crippen LogP) is 3.39. The number of fused-ring (bicyclic) bond motifs is 3. The molecule has 1 fully saturated rings. The van der Waals surface area contributed by atoms with Crippen LogP contribution in [0.3, 0.4) is 0 Å². The van der Waals surface area contributed by atoms with Gasteiger partial charge in [-0.25, -0.2) is 4.68 Å². The van der Waals surface area contributed by atoms with Crippen LogP contribution in [0.2, 0.25) is 0 Å². The lowest BCUT2D eigenvalue weighted by Crippen LogP contribution is -2.18. The summed E-state index contributed by atoms with van der Waals surface area (Å²) < 4.78 is 12.2. The maximum absolute atomic E-state index is 12.9. The van der Waals surface area contributed by atoms with Crippen LogP contribution in [0.25, 0.3) is 0 Å². The van der Waals surface area contributed by atoms with E-state index in [1.165, 1.54) is 5.56 Å². The summed E-state index contributed by atoms with van der Waals surface area (Å²) in [5.41, 5.74) is 4.70. The Hall–Kier alpha value is -2.30. The molecular weight excluding hydrogens is 316 g/mol. The summed E-state index contributed by atoms with van der Waals surface area (Å²) in [5, 5.41) is 4.56. The number of carbonyl (C=O) groups is 1. The van der Waals surface area contributed by atoms with E-state index in [9.17, 15) is 4.79 Å². The summed E-state index contributed by atoms with van der Waals surface area (Å²) in [6, 6.07) is 5.59. The minimum absolute atomic E-state index is 0.00989. The fourth-order valence-electron chi connectivity index (χ4n) is 4.54. The molecule has 0 aliphatic heterocycles. The molecule has 1 saturated carbocycles. The van der Waals surface area contributed by atoms with Gasteiger partial charge in [-0.05, 0) is 48.3 Å². The second kappa shape index (κ2) is 5.35. The van der Waals surface area contributed by atoms with Gasteiger partial charge in [0.1, 0.15) is 0 Å². The monoisotopic (exact) mass is 340 g/mol. The summed E-state index contributed by atoms with van der Waals surface area (Å²) in [6.07, 6.45) is 1.26. The molecule has 2 atom stereocenters. The fraction of sp³-hybridized carbons (Fsp3) is 0.500. The van der Waals surface area contributed by atoms with Gasteiger partial charge < -0.3 is 9.47 Å². The van der Waals surface area contributed by atoms with E-state index in [0.717, 1.165) is 23.4 Å². The first-order chi connectivity index (χ1) is 11.9. The molecule has 0 radical (unpaired) electrons. The molecule has 4 rings (SSSR count). The lowest BCUT2D eigenvalue weighted by molar-refractivity contribution is 0.0894. The first kappa shape index (κ1) is 16.2. The zero-order chi connectivity index (χ0) is 17.9. The van der Waals surface area contributed by atoms with Crippen molar-refractivity contribution < 1.29 is 14.3 Å². The topological polar surface area (TPSA) is 53.4 Å². The van der Waals surface area contributed by atoms with Crippen molar-refractivity contribution >= 4 is 5.91 Å². The molecule has 0 saturated heterocycles. The molecule has 132 valence electrons. The van der Waals surface area contributed by atoms with E-state index in [0.29, 0.717) is 35.2 Å². The quantitative estimate of drug-likeness (QED) is 0.856. The Kier molecular flexibility index (Phi) is 3.46. The van der Waals surface area contributed by atoms with E-state index < -0.39 is 0 Å². The van der Waals surface area contributed by atoms with E-state index >= 15 is 0 Å². The Balaban J connectivity index is 1.60. The molecule has 5 nitrogen and oxygen atoms in total. The number of hydrogen-bond acceptors (Lipinski definition) is 4. The van der Waals surface area contributed by atoms with Crippen molar-refractivity contribution in [2.75, 3.05) is 14.2 Å². The van der Waals surface area contributed by atoms with Gasteiger partial charge in [-0.3, -0.25) is 4.79 Å². The van der Waals surface area contributed by atoms with E-state index in [1.807, 2.05) is 25.1 Å². The van der Waals surface area contributed by atoms with Crippen LogP contribution in [0.15, 0.2) is 18.2 Å². The van der Waals surface area contributed by atoms with Gasteiger partial charge in [-0.15, -0.1) is 0 Å². The lowest BCUT2D eigenvalue weighted by atomic mass is 9.98. The van der Waals surface area contributed by atoms with Crippen molar-refractivity contribution in [3.63, 3.8) is 0 Å². The summed E-state index contributed by atoms with van der Waals surface area (Å²) in [7, 11) is 3.20. The van der Waals surface area contributed by atoms with E-state index in [-0.39, 0.29) is 5.91 Å². The Labute approximate surface area is 147 Å². The summed E-state index contributed by atoms with van der Waals surface area (Å²) in [6.45, 7) is 6.65. The van der Waals surface area contributed by atoms with Crippen LogP contribution in [0, 0.1) is 18.3 Å². The van der Waals surface area contributed by atoms with E-state index in [2.05, 4.69) is 18.9 Å². The molecule has 0 N–H and O–H groups in total. The number of rotatable bonds is 4. The molecule has 1 aromatic carbocycles. The Morgan fingerprint density at radius 1 is 1.28 bits per heavy atom. The van der Waals surface area contributed by atoms with Gasteiger partial charge in [-0.2, -0.15) is 5.10 Å². The minimum Gasteiger partial charge on any atom is -0.493 e. The molecule has 1 heterocycles. The number of nitrogens with zero attached hydrogens (tertiary/aromatic N) is 2. The van der Waals surface area contributed by atoms with Gasteiger partial charge in [-0.1, -0.05) is 19.9 Å². The Bertz CT molecular complexity index is 866. The second-order valence-electron chi connectivity index (χ2n) is 7.73. The van der Waals surface area contributed by atoms with Crippen LogP contribution in [0.4, 0.5) is 0 Å². The number of ether oxygens (including phenoxy) is 2. The smallest absolute Gasteiger partial charge is 0.251 e. The maximum Gasteiger partial charge on any atom is 0.251 e. The van der Waals surface area contributed by atoms with Crippen molar-refractivity contribution in [3.8, 4) is 11.5 Å². The maximum atomic E-state index is 12.9. The SMILES string of the molecule is COc1ccc(CC(=O)n2nc(C)c3c2C[C@@H]2[C@H]3C2(C)C)cc1OC. The van der Waals surface area contributed by atoms with Gasteiger partial charge in [0, 0.05) is 5.56 Å². The van der Waals surface area contributed by atoms with Crippen molar-refractivity contribution in [1.29, 1.82) is 0 Å². The summed E-state index contributed by atoms with van der Waals surface area (Å²) in [4.78, 5) is 12.9. The van der Waals surface area contributed by atoms with Crippen LogP contribution < -0.4 is 9.47 Å². The number of aryl methyl sites for hydroxylation is 1. The minimum atomic E-state index is 0.00989. The molecule has 2 aromatic rings. The third kappa shape index (κ3) is 2.29. The molecule has 0 unspecified atom stereocenters. The van der Waals surface area contributed by atoms with Crippen LogP contribution in [0.5, 0.6) is 11.5 Å². The van der Waals surface area contributed by atoms with Gasteiger partial charge in [0.05, 0.1) is 32.0 Å². The van der Waals surface area contributed by atoms with Crippen LogP contribution in [0.1, 0.15) is 47.1 Å². The van der Waals surface area contributed by atoms with Crippen LogP contribution in [-0.4, -0.2) is 29.9 Å². The van der Waals surface area contributed by atoms with Gasteiger partial charge in [0.2, 0.25) is 0 Å². The highest BCUT2D eigenvalue weighted by Gasteiger charge is 2.64. The third-order valence-electron chi connectivity index (χ3n) is 6.02. The fourth-order valence-corrected chi connectivity index (χ4v) is 4.54. The van der Waals surface area contributed by atoms with Gasteiger partial charge >= 0.3 is 0 Å². The highest BCUT2D eigenvalue weighted by atomic mass is 16.5. The predicted molar refractivity (Wildman–Crippen MR) is 94.6 cm³/mol. The summed E-state index contributed by atoms with van der Waals surface area (Å²) >= 11 is 0. The number of aromatic nitrogens is 2. The molecule has 0 amide bonds. The number of hydrogen-bond donors (Lipinski definition) is 0. The highest BCUT2D eigenvalue weighted by molar-refractivity contribution is 5.82. The molecule has 5 heteroatoms. The molecule has 1 aromatic heterocycles. The van der Waals surface area contributed by atoms with Crippen molar-refractivity contribution in [1.82, 2.24) is 9.78 Å². The first-order valence-electron chi connectivity index (χ1n) is 8.71. The molecular formula is C20H24N2O3. The molecule has 0 spiro atoms. The number of methoxy groups -OCH3 is 2. The highest BCUT2D eigenvalue weighted by Crippen LogP contribution is 2.70. The largest absolute Gasteiger partial charge is 0.493 e. The molecule has 2 aliphatic carbocycles. The van der Waals surface area contributed by atoms with Gasteiger partial charge in [0.25, 0.3) is 5.91 Å². The van der Waals surface area contributed by atoms with Crippen LogP contribution in [-0.2, 0) is 12.8 Å². The normalized spacial score (nSPS) is 22.3. The second-order valence-corrected chi connectivity index (χ2v) is 7.73.